The van der Waals surface area contributed by atoms with Gasteiger partial charge < -0.3 is 10.1 Å². The van der Waals surface area contributed by atoms with Crippen LogP contribution in [0.2, 0.25) is 5.02 Å². The van der Waals surface area contributed by atoms with Crippen molar-refractivity contribution in [1.82, 2.24) is 0 Å². The van der Waals surface area contributed by atoms with Gasteiger partial charge in [-0.05, 0) is 36.4 Å². The summed E-state index contributed by atoms with van der Waals surface area (Å²) >= 11 is 5.61. The fourth-order valence-electron chi connectivity index (χ4n) is 1.84. The molecule has 0 heterocycles. The molecule has 116 valence electrons. The molecule has 0 spiro atoms. The average Bonchev–Trinajstić information content (AvgIpc) is 2.56. The summed E-state index contributed by atoms with van der Waals surface area (Å²) in [4.78, 5) is 24.3. The third-order valence-electron chi connectivity index (χ3n) is 2.96. The second-order valence-electron chi connectivity index (χ2n) is 4.44. The van der Waals surface area contributed by atoms with E-state index in [-0.39, 0.29) is 27.6 Å². The number of carbonyl (C=O) groups excluding carboxylic acids is 2. The van der Waals surface area contributed by atoms with E-state index < -0.39 is 17.5 Å². The van der Waals surface area contributed by atoms with Crippen LogP contribution in [0.15, 0.2) is 36.4 Å². The summed E-state index contributed by atoms with van der Waals surface area (Å²) in [6, 6.07) is 9.56. The Balaban J connectivity index is 2.27. The minimum atomic E-state index is -0.957. The molecular weight excluding hydrogens is 323 g/mol. The topological polar surface area (TPSA) is 79.2 Å². The smallest absolute Gasteiger partial charge is 0.296 e. The van der Waals surface area contributed by atoms with Gasteiger partial charge in [0.25, 0.3) is 11.7 Å². The second-order valence-corrected chi connectivity index (χ2v) is 4.85. The fraction of sp³-hybridized carbons (Fsp3) is 0.0625. The highest BCUT2D eigenvalue weighted by molar-refractivity contribution is 6.47. The fourth-order valence-corrected chi connectivity index (χ4v) is 2.02. The van der Waals surface area contributed by atoms with Crippen LogP contribution in [0.4, 0.5) is 10.1 Å². The number of Topliss-reactive ketones (excluding diaryl/α,β-unsaturated/α-hetero) is 1. The van der Waals surface area contributed by atoms with Crippen molar-refractivity contribution in [3.8, 4) is 11.8 Å². The van der Waals surface area contributed by atoms with Crippen LogP contribution in [0.1, 0.15) is 15.9 Å². The van der Waals surface area contributed by atoms with E-state index in [9.17, 15) is 14.0 Å². The Bertz CT molecular complexity index is 831. The van der Waals surface area contributed by atoms with Crippen molar-refractivity contribution in [2.75, 3.05) is 12.4 Å². The van der Waals surface area contributed by atoms with Gasteiger partial charge in [-0.15, -0.1) is 0 Å². The van der Waals surface area contributed by atoms with E-state index in [0.717, 1.165) is 6.07 Å². The number of benzene rings is 2. The number of rotatable bonds is 4. The first kappa shape index (κ1) is 16.5. The maximum absolute atomic E-state index is 13.1. The number of ketones is 1. The number of amides is 1. The van der Waals surface area contributed by atoms with Gasteiger partial charge in [-0.25, -0.2) is 4.39 Å². The van der Waals surface area contributed by atoms with E-state index in [1.807, 2.05) is 6.07 Å². The molecule has 23 heavy (non-hydrogen) atoms. The second kappa shape index (κ2) is 6.90. The lowest BCUT2D eigenvalue weighted by Crippen LogP contribution is -2.23. The summed E-state index contributed by atoms with van der Waals surface area (Å²) in [5.74, 6) is -2.32. The van der Waals surface area contributed by atoms with Crippen molar-refractivity contribution >= 4 is 29.0 Å². The van der Waals surface area contributed by atoms with Crippen LogP contribution in [0, 0.1) is 17.1 Å². The number of anilines is 1. The van der Waals surface area contributed by atoms with Crippen molar-refractivity contribution < 1.29 is 18.7 Å². The molecule has 7 heteroatoms. The molecule has 1 N–H and O–H groups in total. The molecule has 0 saturated heterocycles. The highest BCUT2D eigenvalue weighted by atomic mass is 35.5. The minimum absolute atomic E-state index is 0.0442. The molecule has 0 radical (unpaired) electrons. The lowest BCUT2D eigenvalue weighted by Gasteiger charge is -2.09. The standard InChI is InChI=1S/C16H10ClFN2O3/c1-23-14-5-2-9(8-19)6-11(14)15(21)16(22)20-10-3-4-13(18)12(17)7-10/h2-7H,1H3,(H,20,22). The Hall–Kier alpha value is -2.91. The first-order valence-corrected chi connectivity index (χ1v) is 6.73. The predicted octanol–water partition coefficient (Wildman–Crippen LogP) is 3.18. The molecular formula is C16H10ClFN2O3. The first-order valence-electron chi connectivity index (χ1n) is 6.35. The van der Waals surface area contributed by atoms with Crippen LogP contribution in [-0.4, -0.2) is 18.8 Å². The van der Waals surface area contributed by atoms with Gasteiger partial charge in [-0.1, -0.05) is 11.6 Å². The molecule has 0 aliphatic carbocycles. The molecule has 1 amide bonds. The van der Waals surface area contributed by atoms with Crippen LogP contribution in [0.5, 0.6) is 5.75 Å². The number of methoxy groups -OCH3 is 1. The Morgan fingerprint density at radius 1 is 1.26 bits per heavy atom. The Kier molecular flexibility index (Phi) is 4.94. The number of carbonyl (C=O) groups is 2. The molecule has 0 aliphatic heterocycles. The highest BCUT2D eigenvalue weighted by Gasteiger charge is 2.21. The van der Waals surface area contributed by atoms with Crippen molar-refractivity contribution in [3.05, 3.63) is 58.4 Å². The van der Waals surface area contributed by atoms with Crippen LogP contribution >= 0.6 is 11.6 Å². The van der Waals surface area contributed by atoms with Crippen LogP contribution in [0.25, 0.3) is 0 Å². The predicted molar refractivity (Wildman–Crippen MR) is 82.1 cm³/mol. The molecule has 0 unspecified atom stereocenters. The summed E-state index contributed by atoms with van der Waals surface area (Å²) in [5.41, 5.74) is 0.342. The normalized spacial score (nSPS) is 9.83. The molecule has 2 rings (SSSR count). The van der Waals surface area contributed by atoms with Gasteiger partial charge in [0.1, 0.15) is 11.6 Å². The van der Waals surface area contributed by atoms with Gasteiger partial charge >= 0.3 is 0 Å². The molecule has 5 nitrogen and oxygen atoms in total. The lowest BCUT2D eigenvalue weighted by molar-refractivity contribution is -0.112. The van der Waals surface area contributed by atoms with Gasteiger partial charge in [0.15, 0.2) is 0 Å². The number of halogens is 2. The van der Waals surface area contributed by atoms with Crippen molar-refractivity contribution in [1.29, 1.82) is 5.26 Å². The van der Waals surface area contributed by atoms with Gasteiger partial charge in [0.2, 0.25) is 0 Å². The summed E-state index contributed by atoms with van der Waals surface area (Å²) in [7, 11) is 1.34. The zero-order valence-electron chi connectivity index (χ0n) is 11.9. The number of nitriles is 1. The summed E-state index contributed by atoms with van der Waals surface area (Å²) in [5, 5.41) is 11.0. The van der Waals surface area contributed by atoms with Crippen molar-refractivity contribution in [3.63, 3.8) is 0 Å². The van der Waals surface area contributed by atoms with E-state index in [1.54, 1.807) is 0 Å². The SMILES string of the molecule is COc1ccc(C#N)cc1C(=O)C(=O)Nc1ccc(F)c(Cl)c1. The van der Waals surface area contributed by atoms with E-state index in [2.05, 4.69) is 5.32 Å². The Morgan fingerprint density at radius 3 is 2.61 bits per heavy atom. The van der Waals surface area contributed by atoms with Gasteiger partial charge in [-0.3, -0.25) is 9.59 Å². The third-order valence-corrected chi connectivity index (χ3v) is 3.25. The van der Waals surface area contributed by atoms with E-state index >= 15 is 0 Å². The number of nitrogens with zero attached hydrogens (tertiary/aromatic N) is 1. The zero-order chi connectivity index (χ0) is 17.0. The van der Waals surface area contributed by atoms with E-state index in [0.29, 0.717) is 0 Å². The monoisotopic (exact) mass is 332 g/mol. The number of hydrogen-bond donors (Lipinski definition) is 1. The Morgan fingerprint density at radius 2 is 2.00 bits per heavy atom. The van der Waals surface area contributed by atoms with E-state index in [4.69, 9.17) is 21.6 Å². The summed E-state index contributed by atoms with van der Waals surface area (Å²) in [6.07, 6.45) is 0. The zero-order valence-corrected chi connectivity index (χ0v) is 12.6. The van der Waals surface area contributed by atoms with Gasteiger partial charge in [-0.2, -0.15) is 5.26 Å². The maximum Gasteiger partial charge on any atom is 0.296 e. The summed E-state index contributed by atoms with van der Waals surface area (Å²) < 4.78 is 18.1. The van der Waals surface area contributed by atoms with Crippen molar-refractivity contribution in [2.24, 2.45) is 0 Å². The third kappa shape index (κ3) is 3.65. The van der Waals surface area contributed by atoms with Crippen LogP contribution in [0.3, 0.4) is 0 Å². The molecule has 0 saturated carbocycles. The molecule has 0 aliphatic rings. The number of nitrogens with one attached hydrogen (secondary N) is 1. The Labute approximate surface area is 136 Å². The number of ether oxygens (including phenoxy) is 1. The summed E-state index contributed by atoms with van der Waals surface area (Å²) in [6.45, 7) is 0. The quantitative estimate of drug-likeness (QED) is 0.689. The molecule has 0 fully saturated rings. The van der Waals surface area contributed by atoms with E-state index in [1.165, 1.54) is 37.4 Å². The molecule has 2 aromatic rings. The number of hydrogen-bond acceptors (Lipinski definition) is 4. The molecule has 0 bridgehead atoms. The minimum Gasteiger partial charge on any atom is -0.496 e. The van der Waals surface area contributed by atoms with Crippen LogP contribution < -0.4 is 10.1 Å². The molecule has 2 aromatic carbocycles. The largest absolute Gasteiger partial charge is 0.496 e. The van der Waals surface area contributed by atoms with Gasteiger partial charge in [0.05, 0.1) is 29.3 Å². The van der Waals surface area contributed by atoms with Crippen LogP contribution in [-0.2, 0) is 4.79 Å². The highest BCUT2D eigenvalue weighted by Crippen LogP contribution is 2.22. The molecule has 0 atom stereocenters. The first-order chi connectivity index (χ1) is 11.0. The maximum atomic E-state index is 13.1. The lowest BCUT2D eigenvalue weighted by atomic mass is 10.1. The van der Waals surface area contributed by atoms with Gasteiger partial charge in [0, 0.05) is 5.69 Å². The average molecular weight is 333 g/mol. The molecule has 0 aromatic heterocycles. The van der Waals surface area contributed by atoms with Crippen molar-refractivity contribution in [2.45, 2.75) is 0 Å².